The second kappa shape index (κ2) is 19.1. The van der Waals surface area contributed by atoms with Crippen molar-refractivity contribution in [3.63, 3.8) is 0 Å². The Morgan fingerprint density at radius 1 is 0.568 bits per heavy atom. The van der Waals surface area contributed by atoms with Crippen molar-refractivity contribution in [1.29, 1.82) is 0 Å². The number of nitrogens with one attached hydrogen (secondary N) is 2. The predicted octanol–water partition coefficient (Wildman–Crippen LogP) is 5.83. The summed E-state index contributed by atoms with van der Waals surface area (Å²) >= 11 is 0. The summed E-state index contributed by atoms with van der Waals surface area (Å²) in [5, 5.41) is 5.84. The van der Waals surface area contributed by atoms with Crippen molar-refractivity contribution in [2.45, 2.75) is 58.8 Å². The summed E-state index contributed by atoms with van der Waals surface area (Å²) in [6.07, 6.45) is 5.56. The van der Waals surface area contributed by atoms with Crippen LogP contribution >= 0.6 is 0 Å². The Morgan fingerprint density at radius 2 is 0.946 bits per heavy atom. The van der Waals surface area contributed by atoms with E-state index >= 15 is 0 Å². The van der Waals surface area contributed by atoms with Gasteiger partial charge in [-0.25, -0.2) is 0 Å². The van der Waals surface area contributed by atoms with Gasteiger partial charge in [0.05, 0.1) is 13.2 Å². The summed E-state index contributed by atoms with van der Waals surface area (Å²) in [6, 6.07) is 14.7. The van der Waals surface area contributed by atoms with Crippen LogP contribution < -0.4 is 20.1 Å². The van der Waals surface area contributed by atoms with Crippen LogP contribution in [0.5, 0.6) is 11.5 Å². The zero-order chi connectivity index (χ0) is 26.6. The van der Waals surface area contributed by atoms with Crippen LogP contribution in [0.4, 0.5) is 11.4 Å². The van der Waals surface area contributed by atoms with Crippen molar-refractivity contribution >= 4 is 23.2 Å². The molecule has 2 amide bonds. The second-order valence-corrected chi connectivity index (χ2v) is 8.50. The van der Waals surface area contributed by atoms with Crippen molar-refractivity contribution in [2.75, 3.05) is 50.3 Å². The topological polar surface area (TPSA) is 95.1 Å². The highest BCUT2D eigenvalue weighted by atomic mass is 16.5. The Kier molecular flexibility index (Phi) is 15.5. The van der Waals surface area contributed by atoms with E-state index in [9.17, 15) is 9.59 Å². The van der Waals surface area contributed by atoms with Gasteiger partial charge < -0.3 is 29.6 Å². The van der Waals surface area contributed by atoms with Crippen molar-refractivity contribution in [1.82, 2.24) is 0 Å². The van der Waals surface area contributed by atoms with Gasteiger partial charge in [-0.15, -0.1) is 0 Å². The van der Waals surface area contributed by atoms with Gasteiger partial charge in [0.15, 0.2) is 0 Å². The molecule has 37 heavy (non-hydrogen) atoms. The molecule has 8 nitrogen and oxygen atoms in total. The van der Waals surface area contributed by atoms with Crippen LogP contribution in [0, 0.1) is 0 Å². The SMILES string of the molecule is CCOCCOc1ccc(NC(=O)CCCCCCCC(=O)Nc2ccc(OCCOCC)cc2)cc1. The van der Waals surface area contributed by atoms with E-state index in [1.165, 1.54) is 0 Å². The third-order valence-electron chi connectivity index (χ3n) is 5.48. The first kappa shape index (κ1) is 30.1. The van der Waals surface area contributed by atoms with Crippen molar-refractivity contribution in [3.05, 3.63) is 48.5 Å². The first-order valence-corrected chi connectivity index (χ1v) is 13.3. The maximum atomic E-state index is 12.2. The number of ether oxygens (including phenoxy) is 4. The zero-order valence-corrected chi connectivity index (χ0v) is 22.3. The minimum atomic E-state index is 0.00935. The molecule has 0 unspecified atom stereocenters. The molecule has 0 bridgehead atoms. The van der Waals surface area contributed by atoms with Crippen molar-refractivity contribution < 1.29 is 28.5 Å². The van der Waals surface area contributed by atoms with Gasteiger partial charge in [-0.05, 0) is 75.2 Å². The van der Waals surface area contributed by atoms with Gasteiger partial charge in [0, 0.05) is 37.4 Å². The van der Waals surface area contributed by atoms with E-state index in [1.807, 2.05) is 62.4 Å². The highest BCUT2D eigenvalue weighted by Crippen LogP contribution is 2.18. The fourth-order valence-corrected chi connectivity index (χ4v) is 3.54. The van der Waals surface area contributed by atoms with E-state index < -0.39 is 0 Å². The van der Waals surface area contributed by atoms with Crippen LogP contribution in [0.3, 0.4) is 0 Å². The Labute approximate surface area is 221 Å². The van der Waals surface area contributed by atoms with E-state index in [1.54, 1.807) is 0 Å². The lowest BCUT2D eigenvalue weighted by molar-refractivity contribution is -0.117. The number of hydrogen-bond acceptors (Lipinski definition) is 6. The maximum Gasteiger partial charge on any atom is 0.224 e. The number of amides is 2. The molecule has 0 aliphatic rings. The number of unbranched alkanes of at least 4 members (excludes halogenated alkanes) is 4. The fraction of sp³-hybridized carbons (Fsp3) is 0.517. The third-order valence-corrected chi connectivity index (χ3v) is 5.48. The van der Waals surface area contributed by atoms with Crippen LogP contribution in [0.2, 0.25) is 0 Å². The van der Waals surface area contributed by atoms with Gasteiger partial charge in [0.1, 0.15) is 24.7 Å². The summed E-state index contributed by atoms with van der Waals surface area (Å²) in [7, 11) is 0. The molecule has 0 heterocycles. The Bertz CT molecular complexity index is 813. The first-order valence-electron chi connectivity index (χ1n) is 13.3. The summed E-state index contributed by atoms with van der Waals surface area (Å²) < 4.78 is 21.6. The largest absolute Gasteiger partial charge is 0.491 e. The summed E-state index contributed by atoms with van der Waals surface area (Å²) in [5.41, 5.74) is 1.52. The molecule has 0 saturated carbocycles. The Morgan fingerprint density at radius 3 is 1.32 bits per heavy atom. The van der Waals surface area contributed by atoms with E-state index in [4.69, 9.17) is 18.9 Å². The average Bonchev–Trinajstić information content (AvgIpc) is 2.90. The average molecular weight is 515 g/mol. The van der Waals surface area contributed by atoms with Crippen LogP contribution in [0.15, 0.2) is 48.5 Å². The molecule has 204 valence electrons. The quantitative estimate of drug-likeness (QED) is 0.216. The summed E-state index contributed by atoms with van der Waals surface area (Å²) in [5.74, 6) is 1.52. The molecular weight excluding hydrogens is 472 g/mol. The van der Waals surface area contributed by atoms with E-state index in [-0.39, 0.29) is 11.8 Å². The minimum Gasteiger partial charge on any atom is -0.491 e. The molecule has 0 atom stereocenters. The van der Waals surface area contributed by atoms with Gasteiger partial charge in [0.2, 0.25) is 11.8 Å². The van der Waals surface area contributed by atoms with Crippen molar-refractivity contribution in [3.8, 4) is 11.5 Å². The number of anilines is 2. The van der Waals surface area contributed by atoms with Gasteiger partial charge in [-0.3, -0.25) is 9.59 Å². The standard InChI is InChI=1S/C29H42N2O6/c1-3-34-20-22-36-26-16-12-24(13-17-26)30-28(32)10-8-6-5-7-9-11-29(33)31-25-14-18-27(19-15-25)37-23-21-35-4-2/h12-19H,3-11,20-23H2,1-2H3,(H,30,32)(H,31,33). The molecule has 0 fully saturated rings. The van der Waals surface area contributed by atoms with Crippen LogP contribution in [-0.2, 0) is 19.1 Å². The molecular formula is C29H42N2O6. The zero-order valence-electron chi connectivity index (χ0n) is 22.3. The fourth-order valence-electron chi connectivity index (χ4n) is 3.54. The molecule has 0 aromatic heterocycles. The highest BCUT2D eigenvalue weighted by Gasteiger charge is 2.05. The number of benzene rings is 2. The smallest absolute Gasteiger partial charge is 0.224 e. The monoisotopic (exact) mass is 514 g/mol. The number of carbonyl (C=O) groups excluding carboxylic acids is 2. The molecule has 0 aliphatic carbocycles. The van der Waals surface area contributed by atoms with Crippen LogP contribution in [-0.4, -0.2) is 51.5 Å². The highest BCUT2D eigenvalue weighted by molar-refractivity contribution is 5.91. The minimum absolute atomic E-state index is 0.00935. The normalized spacial score (nSPS) is 10.6. The van der Waals surface area contributed by atoms with E-state index in [2.05, 4.69) is 10.6 Å². The molecule has 0 spiro atoms. The van der Waals surface area contributed by atoms with E-state index in [0.29, 0.717) is 52.5 Å². The molecule has 2 aromatic rings. The van der Waals surface area contributed by atoms with Gasteiger partial charge in [-0.1, -0.05) is 19.3 Å². The van der Waals surface area contributed by atoms with Crippen LogP contribution in [0.1, 0.15) is 58.8 Å². The van der Waals surface area contributed by atoms with Gasteiger partial charge in [-0.2, -0.15) is 0 Å². The number of rotatable bonds is 20. The third kappa shape index (κ3) is 14.3. The molecule has 2 aromatic carbocycles. The predicted molar refractivity (Wildman–Crippen MR) is 146 cm³/mol. The summed E-state index contributed by atoms with van der Waals surface area (Å²) in [6.45, 7) is 7.37. The van der Waals surface area contributed by atoms with Gasteiger partial charge in [0.25, 0.3) is 0 Å². The number of hydrogen-bond donors (Lipinski definition) is 2. The second-order valence-electron chi connectivity index (χ2n) is 8.50. The lowest BCUT2D eigenvalue weighted by atomic mass is 10.1. The lowest BCUT2D eigenvalue weighted by Gasteiger charge is -2.09. The molecule has 2 N–H and O–H groups in total. The van der Waals surface area contributed by atoms with E-state index in [0.717, 1.165) is 55.0 Å². The lowest BCUT2D eigenvalue weighted by Crippen LogP contribution is -2.11. The molecule has 8 heteroatoms. The number of carbonyl (C=O) groups is 2. The molecule has 0 saturated heterocycles. The Hall–Kier alpha value is -3.10. The van der Waals surface area contributed by atoms with Gasteiger partial charge >= 0.3 is 0 Å². The summed E-state index contributed by atoms with van der Waals surface area (Å²) in [4.78, 5) is 24.3. The van der Waals surface area contributed by atoms with Crippen LogP contribution in [0.25, 0.3) is 0 Å². The first-order chi connectivity index (χ1) is 18.1. The maximum absolute atomic E-state index is 12.2. The Balaban J connectivity index is 1.49. The molecule has 0 aliphatic heterocycles. The molecule has 0 radical (unpaired) electrons. The van der Waals surface area contributed by atoms with Crippen molar-refractivity contribution in [2.24, 2.45) is 0 Å². The molecule has 2 rings (SSSR count).